The number of hydrogen-bond donors (Lipinski definition) is 2. The fourth-order valence-corrected chi connectivity index (χ4v) is 2.97. The van der Waals surface area contributed by atoms with E-state index >= 15 is 0 Å². The largest absolute Gasteiger partial charge is 0.362 e. The van der Waals surface area contributed by atoms with Crippen LogP contribution in [0.1, 0.15) is 30.9 Å². The van der Waals surface area contributed by atoms with Gasteiger partial charge in [0.15, 0.2) is 10.2 Å². The van der Waals surface area contributed by atoms with Gasteiger partial charge in [0.05, 0.1) is 10.2 Å². The average molecular weight is 293 g/mol. The van der Waals surface area contributed by atoms with E-state index in [0.29, 0.717) is 5.11 Å². The van der Waals surface area contributed by atoms with Gasteiger partial charge in [-0.25, -0.2) is 4.98 Å². The second-order valence-corrected chi connectivity index (χ2v) is 6.10. The lowest BCUT2D eigenvalue weighted by Crippen LogP contribution is -2.29. The van der Waals surface area contributed by atoms with Crippen molar-refractivity contribution in [2.24, 2.45) is 0 Å². The van der Waals surface area contributed by atoms with Crippen molar-refractivity contribution < 1.29 is 0 Å². The first-order valence-electron chi connectivity index (χ1n) is 6.52. The van der Waals surface area contributed by atoms with E-state index in [-0.39, 0.29) is 0 Å². The maximum absolute atomic E-state index is 5.25. The molecule has 0 amide bonds. The molecule has 0 spiro atoms. The lowest BCUT2D eigenvalue weighted by molar-refractivity contribution is 0.758. The third-order valence-electron chi connectivity index (χ3n) is 3.04. The summed E-state index contributed by atoms with van der Waals surface area (Å²) in [6.45, 7) is 7.30. The molecule has 0 bridgehead atoms. The van der Waals surface area contributed by atoms with Crippen molar-refractivity contribution in [1.82, 2.24) is 10.3 Å². The van der Waals surface area contributed by atoms with E-state index in [9.17, 15) is 0 Å². The van der Waals surface area contributed by atoms with E-state index in [2.05, 4.69) is 48.5 Å². The quantitative estimate of drug-likeness (QED) is 0.660. The predicted molar refractivity (Wildman–Crippen MR) is 88.2 cm³/mol. The smallest absolute Gasteiger partial charge is 0.190 e. The number of benzene rings is 1. The van der Waals surface area contributed by atoms with E-state index < -0.39 is 0 Å². The van der Waals surface area contributed by atoms with Crippen LogP contribution in [0.3, 0.4) is 0 Å². The Hall–Kier alpha value is -1.20. The number of aryl methyl sites for hydroxylation is 2. The molecule has 0 saturated heterocycles. The molecule has 2 rings (SSSR count). The molecule has 3 nitrogen and oxygen atoms in total. The number of fused-ring (bicyclic) bond motifs is 1. The first-order valence-corrected chi connectivity index (χ1v) is 7.75. The molecule has 1 aromatic heterocycles. The van der Waals surface area contributed by atoms with Crippen molar-refractivity contribution in [3.8, 4) is 0 Å². The molecule has 0 saturated carbocycles. The summed E-state index contributed by atoms with van der Waals surface area (Å²) in [6, 6.07) is 4.31. The van der Waals surface area contributed by atoms with E-state index in [4.69, 9.17) is 12.2 Å². The number of nitrogens with zero attached hydrogens (tertiary/aromatic N) is 1. The molecule has 0 unspecified atom stereocenters. The minimum atomic E-state index is 0.654. The number of thiocarbonyl (C=S) groups is 1. The van der Waals surface area contributed by atoms with E-state index in [1.54, 1.807) is 11.3 Å². The third-order valence-corrected chi connectivity index (χ3v) is 4.22. The van der Waals surface area contributed by atoms with Crippen LogP contribution in [0.25, 0.3) is 10.2 Å². The van der Waals surface area contributed by atoms with E-state index in [1.165, 1.54) is 15.8 Å². The van der Waals surface area contributed by atoms with Gasteiger partial charge in [0.1, 0.15) is 0 Å². The molecule has 102 valence electrons. The zero-order chi connectivity index (χ0) is 13.8. The molecule has 0 radical (unpaired) electrons. The van der Waals surface area contributed by atoms with Crippen molar-refractivity contribution in [1.29, 1.82) is 0 Å². The summed E-state index contributed by atoms with van der Waals surface area (Å²) in [4.78, 5) is 4.56. The van der Waals surface area contributed by atoms with Gasteiger partial charge in [-0.15, -0.1) is 0 Å². The zero-order valence-corrected chi connectivity index (χ0v) is 13.2. The standard InChI is InChI=1S/C14H19N3S2/c1-4-5-6-15-13(18)17-14-16-11-7-9(2)10(3)8-12(11)19-14/h7-8H,4-6H2,1-3H3,(H2,15,16,17,18). The Kier molecular flexibility index (Phi) is 4.71. The number of unbranched alkanes of at least 4 members (excludes halogenated alkanes) is 1. The van der Waals surface area contributed by atoms with Gasteiger partial charge >= 0.3 is 0 Å². The number of anilines is 1. The Morgan fingerprint density at radius 3 is 2.79 bits per heavy atom. The maximum Gasteiger partial charge on any atom is 0.190 e. The van der Waals surface area contributed by atoms with Gasteiger partial charge in [-0.3, -0.25) is 0 Å². The van der Waals surface area contributed by atoms with Crippen LogP contribution in [-0.2, 0) is 0 Å². The van der Waals surface area contributed by atoms with Crippen molar-refractivity contribution in [3.63, 3.8) is 0 Å². The monoisotopic (exact) mass is 293 g/mol. The van der Waals surface area contributed by atoms with Crippen LogP contribution in [-0.4, -0.2) is 16.6 Å². The van der Waals surface area contributed by atoms with Gasteiger partial charge in [0, 0.05) is 6.54 Å². The van der Waals surface area contributed by atoms with Crippen LogP contribution >= 0.6 is 23.6 Å². The molecule has 1 heterocycles. The number of rotatable bonds is 4. The normalized spacial score (nSPS) is 10.7. The van der Waals surface area contributed by atoms with Crippen molar-refractivity contribution in [2.75, 3.05) is 11.9 Å². The molecule has 5 heteroatoms. The molecule has 0 fully saturated rings. The van der Waals surface area contributed by atoms with Gasteiger partial charge in [-0.05, 0) is 55.7 Å². The highest BCUT2D eigenvalue weighted by atomic mass is 32.1. The molecule has 2 aromatic rings. The van der Waals surface area contributed by atoms with Crippen molar-refractivity contribution in [3.05, 3.63) is 23.3 Å². The molecule has 0 aliphatic heterocycles. The average Bonchev–Trinajstić information content (AvgIpc) is 2.71. The molecule has 1 aromatic carbocycles. The lowest BCUT2D eigenvalue weighted by atomic mass is 10.1. The first-order chi connectivity index (χ1) is 9.10. The minimum Gasteiger partial charge on any atom is -0.362 e. The van der Waals surface area contributed by atoms with Gasteiger partial charge < -0.3 is 10.6 Å². The highest BCUT2D eigenvalue weighted by Gasteiger charge is 2.06. The van der Waals surface area contributed by atoms with Crippen LogP contribution in [0, 0.1) is 13.8 Å². The van der Waals surface area contributed by atoms with Crippen LogP contribution in [0.5, 0.6) is 0 Å². The van der Waals surface area contributed by atoms with Gasteiger partial charge in [0.2, 0.25) is 0 Å². The minimum absolute atomic E-state index is 0.654. The summed E-state index contributed by atoms with van der Waals surface area (Å²) in [6.07, 6.45) is 2.29. The Morgan fingerprint density at radius 1 is 1.32 bits per heavy atom. The van der Waals surface area contributed by atoms with E-state index in [0.717, 1.165) is 30.0 Å². The van der Waals surface area contributed by atoms with Gasteiger partial charge in [0.25, 0.3) is 0 Å². The molecule has 0 atom stereocenters. The lowest BCUT2D eigenvalue weighted by Gasteiger charge is -2.06. The molecular weight excluding hydrogens is 274 g/mol. The number of thiazole rings is 1. The SMILES string of the molecule is CCCCNC(=S)Nc1nc2cc(C)c(C)cc2s1. The highest BCUT2D eigenvalue weighted by Crippen LogP contribution is 2.28. The second kappa shape index (κ2) is 6.30. The third kappa shape index (κ3) is 3.64. The molecule has 19 heavy (non-hydrogen) atoms. The summed E-state index contributed by atoms with van der Waals surface area (Å²) in [7, 11) is 0. The molecule has 2 N–H and O–H groups in total. The highest BCUT2D eigenvalue weighted by molar-refractivity contribution is 7.80. The maximum atomic E-state index is 5.25. The molecule has 0 aliphatic rings. The summed E-state index contributed by atoms with van der Waals surface area (Å²) in [5.41, 5.74) is 3.60. The Bertz CT molecular complexity index is 551. The van der Waals surface area contributed by atoms with Crippen LogP contribution < -0.4 is 10.6 Å². The first kappa shape index (κ1) is 14.2. The van der Waals surface area contributed by atoms with Gasteiger partial charge in [-0.2, -0.15) is 0 Å². The van der Waals surface area contributed by atoms with Gasteiger partial charge in [-0.1, -0.05) is 24.7 Å². The summed E-state index contributed by atoms with van der Waals surface area (Å²) >= 11 is 6.89. The topological polar surface area (TPSA) is 37.0 Å². The Morgan fingerprint density at radius 2 is 2.05 bits per heavy atom. The molecule has 0 aliphatic carbocycles. The summed E-state index contributed by atoms with van der Waals surface area (Å²) in [5, 5.41) is 7.85. The summed E-state index contributed by atoms with van der Waals surface area (Å²) in [5.74, 6) is 0. The number of nitrogens with one attached hydrogen (secondary N) is 2. The fourth-order valence-electron chi connectivity index (χ4n) is 1.75. The second-order valence-electron chi connectivity index (χ2n) is 4.66. The van der Waals surface area contributed by atoms with Crippen LogP contribution in [0.4, 0.5) is 5.13 Å². The Balaban J connectivity index is 2.07. The fraction of sp³-hybridized carbons (Fsp3) is 0.429. The van der Waals surface area contributed by atoms with Crippen LogP contribution in [0.15, 0.2) is 12.1 Å². The summed E-state index contributed by atoms with van der Waals surface area (Å²) < 4.78 is 1.20. The van der Waals surface area contributed by atoms with Crippen molar-refractivity contribution >= 4 is 44.0 Å². The number of aromatic nitrogens is 1. The Labute approximate surface area is 123 Å². The predicted octanol–water partition coefficient (Wildman–Crippen LogP) is 4.00. The van der Waals surface area contributed by atoms with Crippen LogP contribution in [0.2, 0.25) is 0 Å². The van der Waals surface area contributed by atoms with E-state index in [1.807, 2.05) is 0 Å². The number of hydrogen-bond acceptors (Lipinski definition) is 3. The van der Waals surface area contributed by atoms with Crippen molar-refractivity contribution in [2.45, 2.75) is 33.6 Å². The molecular formula is C14H19N3S2. The zero-order valence-electron chi connectivity index (χ0n) is 11.5.